The van der Waals surface area contributed by atoms with Crippen LogP contribution in [-0.2, 0) is 29.6 Å². The first-order valence-electron chi connectivity index (χ1n) is 8.83. The normalized spacial score (nSPS) is 18.0. The minimum Gasteiger partial charge on any atom is -0.356 e. The van der Waals surface area contributed by atoms with E-state index in [1.807, 2.05) is 0 Å². The molecule has 12 heteroatoms. The van der Waals surface area contributed by atoms with Crippen molar-refractivity contribution in [3.05, 3.63) is 36.0 Å². The van der Waals surface area contributed by atoms with Crippen LogP contribution in [0.3, 0.4) is 0 Å². The lowest BCUT2D eigenvalue weighted by molar-refractivity contribution is -0.134. The fourth-order valence-corrected chi connectivity index (χ4v) is 6.68. The average Bonchev–Trinajstić information content (AvgIpc) is 3.03. The molecular formula is C18H17N3O7S2. The van der Waals surface area contributed by atoms with Gasteiger partial charge in [0, 0.05) is 6.42 Å². The van der Waals surface area contributed by atoms with Gasteiger partial charge in [-0.2, -0.15) is 3.71 Å². The molecule has 1 aromatic heterocycles. The van der Waals surface area contributed by atoms with Crippen molar-refractivity contribution in [3.8, 4) is 0 Å². The highest BCUT2D eigenvalue weighted by Crippen LogP contribution is 2.36. The van der Waals surface area contributed by atoms with Gasteiger partial charge < -0.3 is 4.52 Å². The number of hydrogen-bond donors (Lipinski definition) is 1. The van der Waals surface area contributed by atoms with Crippen LogP contribution >= 0.6 is 0 Å². The maximum atomic E-state index is 12.3. The zero-order valence-electron chi connectivity index (χ0n) is 15.9. The van der Waals surface area contributed by atoms with Crippen molar-refractivity contribution in [1.82, 2.24) is 10.5 Å². The Balaban J connectivity index is 1.91. The summed E-state index contributed by atoms with van der Waals surface area (Å²) in [5.41, 5.74) is 0.750. The number of fused-ring (bicyclic) bond motifs is 3. The number of piperidine rings is 1. The maximum absolute atomic E-state index is 12.3. The summed E-state index contributed by atoms with van der Waals surface area (Å²) in [6.07, 6.45) is 2.08. The van der Waals surface area contributed by atoms with E-state index in [4.69, 9.17) is 4.52 Å². The van der Waals surface area contributed by atoms with Crippen LogP contribution in [0.15, 0.2) is 34.9 Å². The molecule has 1 atom stereocenters. The smallest absolute Gasteiger partial charge is 0.245 e. The molecule has 158 valence electrons. The van der Waals surface area contributed by atoms with E-state index in [9.17, 15) is 26.4 Å². The number of amides is 2. The first-order valence-corrected chi connectivity index (χ1v) is 12.5. The summed E-state index contributed by atoms with van der Waals surface area (Å²) in [4.78, 5) is 23.7. The Labute approximate surface area is 171 Å². The molecule has 0 aliphatic carbocycles. The first kappa shape index (κ1) is 20.3. The number of sulfonamides is 2. The number of benzene rings is 2. The molecule has 1 N–H and O–H groups in total. The molecule has 2 heterocycles. The number of rotatable bonds is 4. The van der Waals surface area contributed by atoms with Crippen LogP contribution in [0.4, 0.5) is 5.69 Å². The minimum atomic E-state index is -4.08. The Morgan fingerprint density at radius 3 is 2.40 bits per heavy atom. The van der Waals surface area contributed by atoms with Crippen LogP contribution in [0.25, 0.3) is 21.7 Å². The van der Waals surface area contributed by atoms with Gasteiger partial charge >= 0.3 is 0 Å². The molecule has 1 fully saturated rings. The predicted octanol–water partition coefficient (Wildman–Crippen LogP) is 1.23. The third kappa shape index (κ3) is 3.41. The number of carbonyl (C=O) groups excluding carboxylic acids is 2. The molecule has 0 saturated carbocycles. The van der Waals surface area contributed by atoms with Gasteiger partial charge in [-0.3, -0.25) is 14.9 Å². The van der Waals surface area contributed by atoms with Crippen molar-refractivity contribution >= 4 is 59.3 Å². The molecule has 1 aliphatic rings. The number of hydrogen-bond acceptors (Lipinski definition) is 8. The average molecular weight is 451 g/mol. The molecule has 4 rings (SSSR count). The number of anilines is 1. The largest absolute Gasteiger partial charge is 0.356 e. The number of aromatic nitrogens is 1. The number of nitrogens with one attached hydrogen (secondary N) is 1. The highest BCUT2D eigenvalue weighted by molar-refractivity contribution is 8.09. The summed E-state index contributed by atoms with van der Waals surface area (Å²) in [5, 5.41) is 8.02. The third-order valence-corrected chi connectivity index (χ3v) is 8.10. The van der Waals surface area contributed by atoms with Gasteiger partial charge in [-0.25, -0.2) is 16.8 Å². The van der Waals surface area contributed by atoms with Crippen molar-refractivity contribution < 1.29 is 30.9 Å². The van der Waals surface area contributed by atoms with Gasteiger partial charge in [0.25, 0.3) is 0 Å². The van der Waals surface area contributed by atoms with E-state index in [1.54, 1.807) is 18.2 Å². The van der Waals surface area contributed by atoms with E-state index in [0.717, 1.165) is 12.5 Å². The van der Waals surface area contributed by atoms with E-state index in [1.165, 1.54) is 12.1 Å². The van der Waals surface area contributed by atoms with Crippen LogP contribution in [0.2, 0.25) is 0 Å². The van der Waals surface area contributed by atoms with Gasteiger partial charge in [-0.15, -0.1) is 0 Å². The molecule has 1 saturated heterocycles. The predicted molar refractivity (Wildman–Crippen MR) is 109 cm³/mol. The molecular weight excluding hydrogens is 434 g/mol. The molecule has 0 spiro atoms. The van der Waals surface area contributed by atoms with Crippen LogP contribution < -0.4 is 9.03 Å². The molecule has 30 heavy (non-hydrogen) atoms. The van der Waals surface area contributed by atoms with Crippen LogP contribution in [0.1, 0.15) is 24.5 Å². The molecule has 1 aliphatic heterocycles. The van der Waals surface area contributed by atoms with Crippen molar-refractivity contribution in [1.29, 1.82) is 0 Å². The number of nitrogens with zero attached hydrogens (tertiary/aromatic N) is 2. The standard InChI is InChI=1S/C18H17N3O7S2/c1-29(24,25)21(30(2,26)27)11-4-5-12-10(9-11)3-7-14-16(12)17(20-28-14)13-6-8-15(22)19-18(13)23/h3-5,7,9,13H,6,8H2,1-2H3,(H,19,22,23)/t13-/m0/s1. The summed E-state index contributed by atoms with van der Waals surface area (Å²) in [7, 11) is -8.17. The van der Waals surface area contributed by atoms with E-state index in [2.05, 4.69) is 10.5 Å². The first-order chi connectivity index (χ1) is 14.0. The quantitative estimate of drug-likeness (QED) is 0.583. The van der Waals surface area contributed by atoms with Gasteiger partial charge in [-0.05, 0) is 35.4 Å². The molecule has 2 aromatic carbocycles. The lowest BCUT2D eigenvalue weighted by Gasteiger charge is -2.20. The zero-order valence-corrected chi connectivity index (χ0v) is 17.6. The summed E-state index contributed by atoms with van der Waals surface area (Å²) in [5.74, 6) is -1.48. The van der Waals surface area contributed by atoms with Gasteiger partial charge in [0.15, 0.2) is 5.58 Å². The second-order valence-corrected chi connectivity index (χ2v) is 11.0. The molecule has 10 nitrogen and oxygen atoms in total. The highest BCUT2D eigenvalue weighted by atomic mass is 32.3. The number of carbonyl (C=O) groups is 2. The maximum Gasteiger partial charge on any atom is 0.245 e. The van der Waals surface area contributed by atoms with Crippen LogP contribution in [0.5, 0.6) is 0 Å². The summed E-state index contributed by atoms with van der Waals surface area (Å²) < 4.78 is 53.9. The van der Waals surface area contributed by atoms with Gasteiger partial charge in [0.05, 0.1) is 29.5 Å². The SMILES string of the molecule is CS(=O)(=O)N(c1ccc2c(ccc3onc([C@@H]4CCC(=O)NC4=O)c32)c1)S(C)(=O)=O. The van der Waals surface area contributed by atoms with Crippen molar-refractivity contribution in [2.45, 2.75) is 18.8 Å². The van der Waals surface area contributed by atoms with E-state index in [0.29, 0.717) is 31.1 Å². The fraction of sp³-hybridized carbons (Fsp3) is 0.278. The van der Waals surface area contributed by atoms with Gasteiger partial charge in [0.2, 0.25) is 31.9 Å². The Hall–Kier alpha value is -2.99. The summed E-state index contributed by atoms with van der Waals surface area (Å²) in [6, 6.07) is 7.60. The van der Waals surface area contributed by atoms with E-state index in [-0.39, 0.29) is 24.4 Å². The van der Waals surface area contributed by atoms with E-state index >= 15 is 0 Å². The van der Waals surface area contributed by atoms with Gasteiger partial charge in [-0.1, -0.05) is 17.3 Å². The lowest BCUT2D eigenvalue weighted by Crippen LogP contribution is -2.39. The molecule has 0 bridgehead atoms. The van der Waals surface area contributed by atoms with Crippen molar-refractivity contribution in [2.75, 3.05) is 16.2 Å². The highest BCUT2D eigenvalue weighted by Gasteiger charge is 2.33. The molecule has 0 radical (unpaired) electrons. The van der Waals surface area contributed by atoms with E-state index < -0.39 is 31.9 Å². The Kier molecular flexibility index (Phi) is 4.58. The Morgan fingerprint density at radius 2 is 1.77 bits per heavy atom. The zero-order chi connectivity index (χ0) is 21.8. The third-order valence-electron chi connectivity index (χ3n) is 4.85. The minimum absolute atomic E-state index is 0.0362. The topological polar surface area (TPSA) is 144 Å². The molecule has 2 amide bonds. The van der Waals surface area contributed by atoms with Crippen LogP contribution in [-0.4, -0.2) is 46.3 Å². The van der Waals surface area contributed by atoms with Crippen molar-refractivity contribution in [2.24, 2.45) is 0 Å². The summed E-state index contributed by atoms with van der Waals surface area (Å²) >= 11 is 0. The molecule has 3 aromatic rings. The second kappa shape index (κ2) is 6.77. The summed E-state index contributed by atoms with van der Waals surface area (Å²) in [6.45, 7) is 0. The number of imide groups is 1. The monoisotopic (exact) mass is 451 g/mol. The second-order valence-electron chi connectivity index (χ2n) is 7.14. The Bertz CT molecular complexity index is 1390. The van der Waals surface area contributed by atoms with Crippen molar-refractivity contribution in [3.63, 3.8) is 0 Å². The molecule has 0 unspecified atom stereocenters. The Morgan fingerprint density at radius 1 is 1.07 bits per heavy atom. The van der Waals surface area contributed by atoms with Gasteiger partial charge in [0.1, 0.15) is 5.69 Å². The van der Waals surface area contributed by atoms with Crippen LogP contribution in [0, 0.1) is 0 Å². The fourth-order valence-electron chi connectivity index (χ4n) is 3.72. The lowest BCUT2D eigenvalue weighted by atomic mass is 9.91.